The Kier molecular flexibility index (Phi) is 2.74. The number of aromatic nitrogens is 2. The lowest BCUT2D eigenvalue weighted by molar-refractivity contribution is 0.0253. The highest BCUT2D eigenvalue weighted by Gasteiger charge is 2.26. The normalized spacial score (nSPS) is 11.9. The number of halogens is 2. The molecule has 0 bridgehead atoms. The molecule has 86 valence electrons. The zero-order chi connectivity index (χ0) is 11.6. The van der Waals surface area contributed by atoms with Crippen LogP contribution in [0.2, 0.25) is 0 Å². The maximum atomic E-state index is 13.0. The van der Waals surface area contributed by atoms with Crippen LogP contribution in [0.1, 0.15) is 0 Å². The van der Waals surface area contributed by atoms with Crippen LogP contribution in [0.5, 0.6) is 0 Å². The zero-order valence-corrected chi connectivity index (χ0v) is 8.53. The summed E-state index contributed by atoms with van der Waals surface area (Å²) in [5.74, 6) is -2.33. The zero-order valence-electron chi connectivity index (χ0n) is 8.53. The Balaban J connectivity index is 2.18. The van der Waals surface area contributed by atoms with E-state index in [1.165, 1.54) is 0 Å². The molecule has 0 unspecified atom stereocenters. The molecule has 0 amide bonds. The average Bonchev–Trinajstić information content (AvgIpc) is 2.75. The second-order valence-corrected chi connectivity index (χ2v) is 3.48. The van der Waals surface area contributed by atoms with Gasteiger partial charge in [-0.1, -0.05) is 6.07 Å². The highest BCUT2D eigenvalue weighted by atomic mass is 19.3. The Labute approximate surface area is 91.1 Å². The highest BCUT2D eigenvalue weighted by Crippen LogP contribution is 2.15. The predicted molar refractivity (Wildman–Crippen MR) is 57.7 cm³/mol. The van der Waals surface area contributed by atoms with E-state index in [1.54, 1.807) is 35.0 Å². The predicted octanol–water partition coefficient (Wildman–Crippen LogP) is 1.34. The molecule has 0 fully saturated rings. The fourth-order valence-electron chi connectivity index (χ4n) is 1.38. The van der Waals surface area contributed by atoms with Crippen molar-refractivity contribution in [2.24, 2.45) is 5.73 Å². The van der Waals surface area contributed by atoms with Crippen molar-refractivity contribution in [2.45, 2.75) is 5.92 Å². The largest absolute Gasteiger partial charge is 0.365 e. The van der Waals surface area contributed by atoms with Crippen LogP contribution in [0.25, 0.3) is 5.65 Å². The molecule has 4 nitrogen and oxygen atoms in total. The van der Waals surface area contributed by atoms with Gasteiger partial charge in [-0.15, -0.1) is 0 Å². The van der Waals surface area contributed by atoms with Gasteiger partial charge in [-0.05, 0) is 12.1 Å². The van der Waals surface area contributed by atoms with Gasteiger partial charge in [-0.25, -0.2) is 13.8 Å². The number of nitrogens with two attached hydrogens (primary N) is 1. The number of pyridine rings is 1. The first-order valence-electron chi connectivity index (χ1n) is 4.86. The van der Waals surface area contributed by atoms with Crippen LogP contribution >= 0.6 is 0 Å². The molecule has 3 N–H and O–H groups in total. The molecule has 0 aliphatic carbocycles. The van der Waals surface area contributed by atoms with Crippen LogP contribution in [-0.4, -0.2) is 28.4 Å². The van der Waals surface area contributed by atoms with Crippen LogP contribution in [0, 0.1) is 0 Å². The third-order valence-electron chi connectivity index (χ3n) is 2.26. The van der Waals surface area contributed by atoms with E-state index in [1.807, 2.05) is 0 Å². The first-order valence-corrected chi connectivity index (χ1v) is 4.86. The Morgan fingerprint density at radius 3 is 3.00 bits per heavy atom. The van der Waals surface area contributed by atoms with Gasteiger partial charge in [0.05, 0.1) is 13.1 Å². The second kappa shape index (κ2) is 4.05. The summed E-state index contributed by atoms with van der Waals surface area (Å²) in [5.41, 5.74) is 5.66. The molecule has 2 rings (SSSR count). The van der Waals surface area contributed by atoms with Gasteiger partial charge >= 0.3 is 0 Å². The lowest BCUT2D eigenvalue weighted by atomic mass is 10.3. The quantitative estimate of drug-likeness (QED) is 0.827. The lowest BCUT2D eigenvalue weighted by Gasteiger charge is -2.16. The van der Waals surface area contributed by atoms with Crippen molar-refractivity contribution in [3.05, 3.63) is 30.6 Å². The Hall–Kier alpha value is -1.69. The average molecular weight is 226 g/mol. The number of alkyl halides is 2. The van der Waals surface area contributed by atoms with Crippen molar-refractivity contribution < 1.29 is 8.78 Å². The van der Waals surface area contributed by atoms with Gasteiger partial charge in [0.1, 0.15) is 11.5 Å². The molecule has 16 heavy (non-hydrogen) atoms. The summed E-state index contributed by atoms with van der Waals surface area (Å²) >= 11 is 0. The van der Waals surface area contributed by atoms with Gasteiger partial charge in [0.15, 0.2) is 0 Å². The smallest absolute Gasteiger partial charge is 0.276 e. The minimum absolute atomic E-state index is 0.485. The number of hydrogen-bond donors (Lipinski definition) is 2. The van der Waals surface area contributed by atoms with E-state index < -0.39 is 19.0 Å². The number of hydrogen-bond acceptors (Lipinski definition) is 3. The number of nitrogens with one attached hydrogen (secondary N) is 1. The van der Waals surface area contributed by atoms with E-state index in [0.717, 1.165) is 0 Å². The van der Waals surface area contributed by atoms with Gasteiger partial charge in [0.25, 0.3) is 5.92 Å². The van der Waals surface area contributed by atoms with E-state index in [2.05, 4.69) is 10.3 Å². The summed E-state index contributed by atoms with van der Waals surface area (Å²) < 4.78 is 27.6. The van der Waals surface area contributed by atoms with Gasteiger partial charge in [0.2, 0.25) is 0 Å². The summed E-state index contributed by atoms with van der Waals surface area (Å²) in [6.07, 6.45) is 3.32. The minimum Gasteiger partial charge on any atom is -0.365 e. The summed E-state index contributed by atoms with van der Waals surface area (Å²) in [7, 11) is 0. The first kappa shape index (κ1) is 10.8. The highest BCUT2D eigenvalue weighted by molar-refractivity contribution is 5.49. The molecule has 0 saturated heterocycles. The van der Waals surface area contributed by atoms with Gasteiger partial charge in [0, 0.05) is 12.4 Å². The molecule has 0 radical (unpaired) electrons. The number of nitrogens with zero attached hydrogens (tertiary/aromatic N) is 2. The number of fused-ring (bicyclic) bond motifs is 1. The summed E-state index contributed by atoms with van der Waals surface area (Å²) in [5, 5.41) is 2.66. The fourth-order valence-corrected chi connectivity index (χ4v) is 1.38. The number of imidazole rings is 1. The summed E-state index contributed by atoms with van der Waals surface area (Å²) in [6, 6.07) is 5.26. The number of anilines is 1. The molecular formula is C10H12F2N4. The maximum Gasteiger partial charge on any atom is 0.276 e. The van der Waals surface area contributed by atoms with E-state index in [-0.39, 0.29) is 0 Å². The van der Waals surface area contributed by atoms with Gasteiger partial charge in [-0.3, -0.25) is 4.40 Å². The third-order valence-corrected chi connectivity index (χ3v) is 2.26. The molecule has 2 heterocycles. The molecule has 0 spiro atoms. The van der Waals surface area contributed by atoms with Crippen LogP contribution in [0.4, 0.5) is 14.6 Å². The molecule has 0 saturated carbocycles. The second-order valence-electron chi connectivity index (χ2n) is 3.48. The lowest BCUT2D eigenvalue weighted by Crippen LogP contribution is -2.35. The SMILES string of the molecule is NCC(F)(F)CNc1cccc2nccn12. The van der Waals surface area contributed by atoms with E-state index >= 15 is 0 Å². The van der Waals surface area contributed by atoms with Gasteiger partial charge < -0.3 is 11.1 Å². The Bertz CT molecular complexity index is 480. The van der Waals surface area contributed by atoms with Crippen molar-refractivity contribution in [3.63, 3.8) is 0 Å². The van der Waals surface area contributed by atoms with Crippen molar-refractivity contribution in [3.8, 4) is 0 Å². The molecule has 0 aliphatic heterocycles. The Morgan fingerprint density at radius 2 is 2.25 bits per heavy atom. The molecule has 2 aromatic rings. The summed E-state index contributed by atoms with van der Waals surface area (Å²) in [4.78, 5) is 4.05. The summed E-state index contributed by atoms with van der Waals surface area (Å²) in [6.45, 7) is -1.15. The molecule has 0 atom stereocenters. The molecule has 0 aliphatic rings. The van der Waals surface area contributed by atoms with Crippen molar-refractivity contribution in [1.29, 1.82) is 0 Å². The molecule has 6 heteroatoms. The van der Waals surface area contributed by atoms with Crippen LogP contribution in [0.15, 0.2) is 30.6 Å². The van der Waals surface area contributed by atoms with Gasteiger partial charge in [-0.2, -0.15) is 0 Å². The fraction of sp³-hybridized carbons (Fsp3) is 0.300. The molecule has 2 aromatic heterocycles. The molecular weight excluding hydrogens is 214 g/mol. The van der Waals surface area contributed by atoms with Crippen LogP contribution < -0.4 is 11.1 Å². The Morgan fingerprint density at radius 1 is 1.44 bits per heavy atom. The van der Waals surface area contributed by atoms with Crippen molar-refractivity contribution in [1.82, 2.24) is 9.38 Å². The first-order chi connectivity index (χ1) is 7.62. The van der Waals surface area contributed by atoms with Crippen LogP contribution in [-0.2, 0) is 0 Å². The monoisotopic (exact) mass is 226 g/mol. The maximum absolute atomic E-state index is 13.0. The number of rotatable bonds is 4. The molecule has 0 aromatic carbocycles. The minimum atomic E-state index is -2.90. The topological polar surface area (TPSA) is 55.3 Å². The van der Waals surface area contributed by atoms with E-state index in [0.29, 0.717) is 11.5 Å². The van der Waals surface area contributed by atoms with Crippen LogP contribution in [0.3, 0.4) is 0 Å². The van der Waals surface area contributed by atoms with E-state index in [9.17, 15) is 8.78 Å². The van der Waals surface area contributed by atoms with Crippen molar-refractivity contribution in [2.75, 3.05) is 18.4 Å². The van der Waals surface area contributed by atoms with Crippen molar-refractivity contribution >= 4 is 11.5 Å². The van der Waals surface area contributed by atoms with E-state index in [4.69, 9.17) is 5.73 Å². The third kappa shape index (κ3) is 2.11. The standard InChI is InChI=1S/C10H12F2N4/c11-10(12,6-13)7-15-9-3-1-2-8-14-4-5-16(8)9/h1-5,15H,6-7,13H2.